The van der Waals surface area contributed by atoms with Crippen LogP contribution in [0.4, 0.5) is 0 Å². The second kappa shape index (κ2) is 7.54. The van der Waals surface area contributed by atoms with Gasteiger partial charge >= 0.3 is 0 Å². The first kappa shape index (κ1) is 16.7. The molecule has 0 radical (unpaired) electrons. The summed E-state index contributed by atoms with van der Waals surface area (Å²) in [5.41, 5.74) is 0.868. The normalized spacial score (nSPS) is 12.8. The molecule has 2 aromatic rings. The molecule has 116 valence electrons. The van der Waals surface area contributed by atoms with Crippen LogP contribution >= 0.6 is 11.6 Å². The summed E-state index contributed by atoms with van der Waals surface area (Å²) in [5.74, 6) is -0.853. The Bertz CT molecular complexity index is 714. The van der Waals surface area contributed by atoms with E-state index in [0.717, 1.165) is 0 Å². The first-order valence-electron chi connectivity index (χ1n) is 6.64. The molecule has 0 fully saturated rings. The quantitative estimate of drug-likeness (QED) is 0.442. The van der Waals surface area contributed by atoms with E-state index < -0.39 is 22.0 Å². The molecular weight excluding hydrogens is 324 g/mol. The molecule has 22 heavy (non-hydrogen) atoms. The van der Waals surface area contributed by atoms with Crippen molar-refractivity contribution < 1.29 is 17.4 Å². The molecule has 0 heterocycles. The molecule has 0 spiro atoms. The van der Waals surface area contributed by atoms with Crippen molar-refractivity contribution in [3.05, 3.63) is 71.8 Å². The van der Waals surface area contributed by atoms with E-state index in [0.29, 0.717) is 11.1 Å². The first-order valence-corrected chi connectivity index (χ1v) is 8.76. The Kier molecular flexibility index (Phi) is 5.71. The van der Waals surface area contributed by atoms with Crippen LogP contribution in [0.15, 0.2) is 60.7 Å². The summed E-state index contributed by atoms with van der Waals surface area (Å²) >= 11 is 5.47. The highest BCUT2D eigenvalue weighted by molar-refractivity contribution is 7.86. The molecule has 0 aliphatic rings. The average molecular weight is 339 g/mol. The zero-order valence-electron chi connectivity index (χ0n) is 11.7. The van der Waals surface area contributed by atoms with Gasteiger partial charge in [0, 0.05) is 11.4 Å². The maximum absolute atomic E-state index is 12.6. The topological polar surface area (TPSA) is 60.4 Å². The van der Waals surface area contributed by atoms with E-state index >= 15 is 0 Å². The summed E-state index contributed by atoms with van der Waals surface area (Å²) in [6, 6.07) is 17.0. The maximum atomic E-state index is 12.6. The van der Waals surface area contributed by atoms with Gasteiger partial charge in [-0.15, -0.1) is 11.6 Å². The van der Waals surface area contributed by atoms with Crippen LogP contribution in [0.2, 0.25) is 0 Å². The van der Waals surface area contributed by atoms with E-state index in [2.05, 4.69) is 0 Å². The van der Waals surface area contributed by atoms with Gasteiger partial charge in [-0.25, -0.2) is 0 Å². The van der Waals surface area contributed by atoms with E-state index in [-0.39, 0.29) is 11.6 Å². The Morgan fingerprint density at radius 1 is 1.00 bits per heavy atom. The Morgan fingerprint density at radius 3 is 2.09 bits per heavy atom. The van der Waals surface area contributed by atoms with Crippen LogP contribution in [0, 0.1) is 0 Å². The second-order valence-electron chi connectivity index (χ2n) is 4.57. The second-order valence-corrected chi connectivity index (χ2v) is 6.66. The largest absolute Gasteiger partial charge is 0.291 e. The van der Waals surface area contributed by atoms with Gasteiger partial charge in [0.15, 0.2) is 11.9 Å². The van der Waals surface area contributed by atoms with Gasteiger partial charge in [-0.1, -0.05) is 60.7 Å². The lowest BCUT2D eigenvalue weighted by Crippen LogP contribution is -2.22. The lowest BCUT2D eigenvalue weighted by Gasteiger charge is -2.16. The van der Waals surface area contributed by atoms with E-state index in [1.54, 1.807) is 60.7 Å². The van der Waals surface area contributed by atoms with Crippen molar-refractivity contribution in [2.45, 2.75) is 6.10 Å². The van der Waals surface area contributed by atoms with Gasteiger partial charge < -0.3 is 0 Å². The highest BCUT2D eigenvalue weighted by atomic mass is 35.5. The summed E-state index contributed by atoms with van der Waals surface area (Å²) in [4.78, 5) is 12.6. The summed E-state index contributed by atoms with van der Waals surface area (Å²) < 4.78 is 28.9. The number of rotatable bonds is 7. The zero-order chi connectivity index (χ0) is 16.0. The Labute approximate surface area is 134 Å². The molecule has 0 bridgehead atoms. The fourth-order valence-electron chi connectivity index (χ4n) is 1.92. The first-order chi connectivity index (χ1) is 10.5. The number of alkyl halides is 1. The van der Waals surface area contributed by atoms with Crippen LogP contribution in [0.1, 0.15) is 22.0 Å². The smallest absolute Gasteiger partial charge is 0.269 e. The number of halogens is 1. The molecule has 0 aliphatic carbocycles. The summed E-state index contributed by atoms with van der Waals surface area (Å²) in [6.45, 7) is 0. The van der Waals surface area contributed by atoms with Crippen LogP contribution in [0.3, 0.4) is 0 Å². The Hall–Kier alpha value is -1.69. The van der Waals surface area contributed by atoms with Gasteiger partial charge in [-0.3, -0.25) is 8.98 Å². The van der Waals surface area contributed by atoms with Gasteiger partial charge in [0.1, 0.15) is 0 Å². The predicted molar refractivity (Wildman–Crippen MR) is 85.5 cm³/mol. The van der Waals surface area contributed by atoms with Crippen molar-refractivity contribution >= 4 is 27.5 Å². The highest BCUT2D eigenvalue weighted by Gasteiger charge is 2.28. The van der Waals surface area contributed by atoms with Crippen molar-refractivity contribution in [3.8, 4) is 0 Å². The van der Waals surface area contributed by atoms with E-state index in [1.165, 1.54) is 0 Å². The van der Waals surface area contributed by atoms with Crippen LogP contribution in [-0.2, 0) is 14.3 Å². The maximum Gasteiger partial charge on any atom is 0.269 e. The fourth-order valence-corrected chi connectivity index (χ4v) is 3.27. The Morgan fingerprint density at radius 2 is 1.55 bits per heavy atom. The molecule has 0 saturated heterocycles. The Balaban J connectivity index is 2.36. The molecule has 2 rings (SSSR count). The summed E-state index contributed by atoms with van der Waals surface area (Å²) in [7, 11) is -3.88. The lowest BCUT2D eigenvalue weighted by atomic mass is 10.0. The minimum Gasteiger partial charge on any atom is -0.291 e. The highest BCUT2D eigenvalue weighted by Crippen LogP contribution is 2.24. The molecule has 0 aromatic heterocycles. The minimum absolute atomic E-state index is 0.0939. The van der Waals surface area contributed by atoms with Gasteiger partial charge in [0.05, 0.1) is 5.75 Å². The van der Waals surface area contributed by atoms with Crippen molar-refractivity contribution in [3.63, 3.8) is 0 Å². The molecular formula is C16H15ClO4S. The third kappa shape index (κ3) is 4.40. The van der Waals surface area contributed by atoms with Crippen molar-refractivity contribution in [1.29, 1.82) is 0 Å². The number of hydrogen-bond acceptors (Lipinski definition) is 4. The SMILES string of the molecule is O=C(c1ccccc1)C(OS(=O)(=O)CCCl)c1ccccc1. The van der Waals surface area contributed by atoms with Crippen molar-refractivity contribution in [2.24, 2.45) is 0 Å². The standard InChI is InChI=1S/C16H15ClO4S/c17-11-12-22(19,20)21-16(14-9-5-2-6-10-14)15(18)13-7-3-1-4-8-13/h1-10,16H,11-12H2. The van der Waals surface area contributed by atoms with Crippen LogP contribution in [-0.4, -0.2) is 25.8 Å². The number of benzene rings is 2. The average Bonchev–Trinajstić information content (AvgIpc) is 2.54. The predicted octanol–water partition coefficient (Wildman–Crippen LogP) is 3.20. The fraction of sp³-hybridized carbons (Fsp3) is 0.188. The molecule has 1 atom stereocenters. The van der Waals surface area contributed by atoms with Gasteiger partial charge in [-0.2, -0.15) is 8.42 Å². The van der Waals surface area contributed by atoms with Gasteiger partial charge in [0.25, 0.3) is 10.1 Å². The molecule has 4 nitrogen and oxygen atoms in total. The van der Waals surface area contributed by atoms with Gasteiger partial charge in [0.2, 0.25) is 0 Å². The summed E-state index contributed by atoms with van der Waals surface area (Å²) in [6.07, 6.45) is -1.21. The molecule has 0 aliphatic heterocycles. The molecule has 0 amide bonds. The third-order valence-electron chi connectivity index (χ3n) is 2.97. The van der Waals surface area contributed by atoms with Crippen LogP contribution in [0.25, 0.3) is 0 Å². The molecule has 6 heteroatoms. The lowest BCUT2D eigenvalue weighted by molar-refractivity contribution is 0.0802. The van der Waals surface area contributed by atoms with E-state index in [4.69, 9.17) is 15.8 Å². The number of ketones is 1. The molecule has 1 unspecified atom stereocenters. The van der Waals surface area contributed by atoms with Gasteiger partial charge in [-0.05, 0) is 5.56 Å². The van der Waals surface area contributed by atoms with Crippen LogP contribution in [0.5, 0.6) is 0 Å². The van der Waals surface area contributed by atoms with E-state index in [9.17, 15) is 13.2 Å². The van der Waals surface area contributed by atoms with E-state index in [1.807, 2.05) is 0 Å². The number of Topliss-reactive ketones (excluding diaryl/α,β-unsaturated/α-hetero) is 1. The van der Waals surface area contributed by atoms with Crippen molar-refractivity contribution in [1.82, 2.24) is 0 Å². The number of hydrogen-bond donors (Lipinski definition) is 0. The zero-order valence-corrected chi connectivity index (χ0v) is 13.3. The monoisotopic (exact) mass is 338 g/mol. The molecule has 2 aromatic carbocycles. The molecule has 0 N–H and O–H groups in total. The van der Waals surface area contributed by atoms with Crippen molar-refractivity contribution in [2.75, 3.05) is 11.6 Å². The number of carbonyl (C=O) groups is 1. The molecule has 0 saturated carbocycles. The third-order valence-corrected chi connectivity index (χ3v) is 4.57. The van der Waals surface area contributed by atoms with Crippen LogP contribution < -0.4 is 0 Å². The minimum atomic E-state index is -3.88. The summed E-state index contributed by atoms with van der Waals surface area (Å²) in [5, 5.41) is 0. The number of carbonyl (C=O) groups excluding carboxylic acids is 1.